The lowest BCUT2D eigenvalue weighted by Gasteiger charge is -2.09. The first kappa shape index (κ1) is 13.5. The predicted octanol–water partition coefficient (Wildman–Crippen LogP) is 3.80. The van der Waals surface area contributed by atoms with Crippen LogP contribution in [-0.2, 0) is 0 Å². The molecular weight excluding hydrogens is 293 g/mol. The van der Waals surface area contributed by atoms with E-state index < -0.39 is 51.1 Å². The first-order valence-corrected chi connectivity index (χ1v) is 5.08. The molecule has 0 aliphatic heterocycles. The minimum Gasteiger partial charge on any atom is -0.506 e. The number of pyridine rings is 1. The average Bonchev–Trinajstić information content (AvgIpc) is 2.37. The predicted molar refractivity (Wildman–Crippen MR) is 56.1 cm³/mol. The topological polar surface area (TPSA) is 33.1 Å². The maximum Gasteiger partial charge on any atom is 0.200 e. The Morgan fingerprint density at radius 1 is 0.895 bits per heavy atom. The largest absolute Gasteiger partial charge is 0.506 e. The van der Waals surface area contributed by atoms with Gasteiger partial charge in [0.1, 0.15) is 5.75 Å². The molecule has 0 bridgehead atoms. The molecule has 0 saturated heterocycles. The molecule has 1 aromatic heterocycles. The zero-order chi connectivity index (χ0) is 14.3. The van der Waals surface area contributed by atoms with Gasteiger partial charge in [-0.15, -0.1) is 0 Å². The molecule has 8 heteroatoms. The summed E-state index contributed by atoms with van der Waals surface area (Å²) in [5, 5.41) is 8.58. The van der Waals surface area contributed by atoms with Crippen LogP contribution in [0.4, 0.5) is 22.0 Å². The Labute approximate surface area is 108 Å². The molecule has 0 atom stereocenters. The molecule has 1 N–H and O–H groups in total. The van der Waals surface area contributed by atoms with E-state index in [0.717, 1.165) is 12.3 Å². The van der Waals surface area contributed by atoms with Gasteiger partial charge in [-0.05, 0) is 0 Å². The van der Waals surface area contributed by atoms with Gasteiger partial charge in [0.25, 0.3) is 0 Å². The highest BCUT2D eigenvalue weighted by Crippen LogP contribution is 2.35. The summed E-state index contributed by atoms with van der Waals surface area (Å²) in [6.07, 6.45) is 0.763. The summed E-state index contributed by atoms with van der Waals surface area (Å²) in [5.41, 5.74) is -1.91. The van der Waals surface area contributed by atoms with Gasteiger partial charge in [-0.1, -0.05) is 11.6 Å². The Bertz CT molecular complexity index is 648. The van der Waals surface area contributed by atoms with Crippen LogP contribution in [0.15, 0.2) is 12.3 Å². The van der Waals surface area contributed by atoms with E-state index in [4.69, 9.17) is 16.7 Å². The standard InChI is InChI=1S/C11H3ClF5NO/c12-4-1-3(19)2-18-11(4)5-6(13)8(15)10(17)9(16)7(5)14/h1-2,19H. The molecule has 0 amide bonds. The van der Waals surface area contributed by atoms with Crippen molar-refractivity contribution < 1.29 is 27.1 Å². The van der Waals surface area contributed by atoms with Gasteiger partial charge in [0.05, 0.1) is 22.5 Å². The Morgan fingerprint density at radius 3 is 1.84 bits per heavy atom. The summed E-state index contributed by atoms with van der Waals surface area (Å²) >= 11 is 5.56. The summed E-state index contributed by atoms with van der Waals surface area (Å²) in [6, 6.07) is 0.863. The summed E-state index contributed by atoms with van der Waals surface area (Å²) in [5.74, 6) is -11.0. The van der Waals surface area contributed by atoms with E-state index in [2.05, 4.69) is 4.98 Å². The Morgan fingerprint density at radius 2 is 1.37 bits per heavy atom. The van der Waals surface area contributed by atoms with Gasteiger partial charge in [0.2, 0.25) is 5.82 Å². The van der Waals surface area contributed by atoms with Crippen LogP contribution in [0.2, 0.25) is 5.02 Å². The molecule has 100 valence electrons. The van der Waals surface area contributed by atoms with Crippen LogP contribution in [0.25, 0.3) is 11.3 Å². The van der Waals surface area contributed by atoms with Crippen LogP contribution in [-0.4, -0.2) is 10.1 Å². The van der Waals surface area contributed by atoms with Gasteiger partial charge in [0, 0.05) is 6.07 Å². The van der Waals surface area contributed by atoms with Gasteiger partial charge >= 0.3 is 0 Å². The first-order valence-electron chi connectivity index (χ1n) is 4.71. The van der Waals surface area contributed by atoms with Crippen molar-refractivity contribution in [3.05, 3.63) is 46.4 Å². The molecule has 0 radical (unpaired) electrons. The lowest BCUT2D eigenvalue weighted by Crippen LogP contribution is -2.05. The SMILES string of the molecule is Oc1cnc(-c2c(F)c(F)c(F)c(F)c2F)c(Cl)c1. The van der Waals surface area contributed by atoms with Crippen molar-refractivity contribution in [3.63, 3.8) is 0 Å². The lowest BCUT2D eigenvalue weighted by atomic mass is 10.1. The Kier molecular flexibility index (Phi) is 3.32. The number of hydrogen-bond acceptors (Lipinski definition) is 2. The van der Waals surface area contributed by atoms with Crippen molar-refractivity contribution in [1.29, 1.82) is 0 Å². The third-order valence-electron chi connectivity index (χ3n) is 2.27. The molecule has 0 spiro atoms. The van der Waals surface area contributed by atoms with E-state index in [9.17, 15) is 22.0 Å². The van der Waals surface area contributed by atoms with Crippen molar-refractivity contribution in [2.45, 2.75) is 0 Å². The van der Waals surface area contributed by atoms with Gasteiger partial charge in [-0.2, -0.15) is 0 Å². The number of hydrogen-bond donors (Lipinski definition) is 1. The summed E-state index contributed by atoms with van der Waals surface area (Å²) in [4.78, 5) is 3.36. The normalized spacial score (nSPS) is 10.8. The smallest absolute Gasteiger partial charge is 0.200 e. The van der Waals surface area contributed by atoms with Crippen LogP contribution in [0.5, 0.6) is 5.75 Å². The zero-order valence-electron chi connectivity index (χ0n) is 8.82. The number of rotatable bonds is 1. The molecule has 1 heterocycles. The van der Waals surface area contributed by atoms with Crippen molar-refractivity contribution in [3.8, 4) is 17.0 Å². The molecule has 2 rings (SSSR count). The molecule has 0 unspecified atom stereocenters. The Balaban J connectivity index is 2.83. The maximum absolute atomic E-state index is 13.5. The molecule has 2 nitrogen and oxygen atoms in total. The fourth-order valence-corrected chi connectivity index (χ4v) is 1.68. The first-order chi connectivity index (χ1) is 8.84. The second-order valence-electron chi connectivity index (χ2n) is 3.47. The molecule has 0 fully saturated rings. The third-order valence-corrected chi connectivity index (χ3v) is 2.56. The summed E-state index contributed by atoms with van der Waals surface area (Å²) in [6.45, 7) is 0. The number of nitrogens with zero attached hydrogens (tertiary/aromatic N) is 1. The summed E-state index contributed by atoms with van der Waals surface area (Å²) in [7, 11) is 0. The maximum atomic E-state index is 13.5. The van der Waals surface area contributed by atoms with Crippen LogP contribution in [0, 0.1) is 29.1 Å². The van der Waals surface area contributed by atoms with E-state index in [1.165, 1.54) is 0 Å². The van der Waals surface area contributed by atoms with Gasteiger partial charge < -0.3 is 5.11 Å². The quantitative estimate of drug-likeness (QED) is 0.493. The number of aromatic hydroxyl groups is 1. The van der Waals surface area contributed by atoms with E-state index >= 15 is 0 Å². The molecule has 1 aromatic carbocycles. The third kappa shape index (κ3) is 2.10. The van der Waals surface area contributed by atoms with Gasteiger partial charge in [0.15, 0.2) is 23.3 Å². The Hall–Kier alpha value is -1.89. The summed E-state index contributed by atoms with van der Waals surface area (Å²) < 4.78 is 65.9. The number of aromatic nitrogens is 1. The molecule has 0 saturated carbocycles. The minimum atomic E-state index is -2.27. The molecule has 0 aliphatic carbocycles. The van der Waals surface area contributed by atoms with Crippen molar-refractivity contribution in [1.82, 2.24) is 4.98 Å². The molecule has 19 heavy (non-hydrogen) atoms. The van der Waals surface area contributed by atoms with Crippen LogP contribution in [0.1, 0.15) is 0 Å². The average molecular weight is 296 g/mol. The van der Waals surface area contributed by atoms with Crippen LogP contribution >= 0.6 is 11.6 Å². The molecule has 2 aromatic rings. The monoisotopic (exact) mass is 295 g/mol. The van der Waals surface area contributed by atoms with E-state index in [1.807, 2.05) is 0 Å². The van der Waals surface area contributed by atoms with E-state index in [-0.39, 0.29) is 0 Å². The second-order valence-corrected chi connectivity index (χ2v) is 3.88. The highest BCUT2D eigenvalue weighted by molar-refractivity contribution is 6.33. The van der Waals surface area contributed by atoms with E-state index in [0.29, 0.717) is 0 Å². The minimum absolute atomic E-state index is 0.419. The van der Waals surface area contributed by atoms with E-state index in [1.54, 1.807) is 0 Å². The number of benzene rings is 1. The van der Waals surface area contributed by atoms with Crippen molar-refractivity contribution in [2.24, 2.45) is 0 Å². The zero-order valence-corrected chi connectivity index (χ0v) is 9.57. The van der Waals surface area contributed by atoms with Crippen molar-refractivity contribution in [2.75, 3.05) is 0 Å². The van der Waals surface area contributed by atoms with Gasteiger partial charge in [-0.3, -0.25) is 4.98 Å². The molecule has 0 aliphatic rings. The van der Waals surface area contributed by atoms with Crippen molar-refractivity contribution >= 4 is 11.6 Å². The lowest BCUT2D eigenvalue weighted by molar-refractivity contribution is 0.381. The highest BCUT2D eigenvalue weighted by atomic mass is 35.5. The highest BCUT2D eigenvalue weighted by Gasteiger charge is 2.28. The second kappa shape index (κ2) is 4.65. The number of halogens is 6. The van der Waals surface area contributed by atoms with Crippen LogP contribution in [0.3, 0.4) is 0 Å². The fraction of sp³-hybridized carbons (Fsp3) is 0. The van der Waals surface area contributed by atoms with Crippen LogP contribution < -0.4 is 0 Å². The fourth-order valence-electron chi connectivity index (χ4n) is 1.42. The molecular formula is C11H3ClF5NO. The van der Waals surface area contributed by atoms with Gasteiger partial charge in [-0.25, -0.2) is 22.0 Å².